The first kappa shape index (κ1) is 12.4. The van der Waals surface area contributed by atoms with Crippen molar-refractivity contribution in [1.82, 2.24) is 4.72 Å². The van der Waals surface area contributed by atoms with Crippen molar-refractivity contribution in [3.05, 3.63) is 22.7 Å². The van der Waals surface area contributed by atoms with Crippen molar-refractivity contribution in [2.45, 2.75) is 4.90 Å². The molecule has 5 nitrogen and oxygen atoms in total. The van der Waals surface area contributed by atoms with Crippen molar-refractivity contribution in [1.29, 1.82) is 0 Å². The molecule has 0 aliphatic heterocycles. The number of nitrogens with two attached hydrogens (primary N) is 1. The number of anilines is 1. The lowest BCUT2D eigenvalue weighted by Gasteiger charge is -2.08. The summed E-state index contributed by atoms with van der Waals surface area (Å²) in [5.74, 6) is 0. The van der Waals surface area contributed by atoms with Crippen molar-refractivity contribution in [2.24, 2.45) is 0 Å². The van der Waals surface area contributed by atoms with Gasteiger partial charge in [-0.1, -0.05) is 15.9 Å². The predicted octanol–water partition coefficient (Wildman–Crippen LogP) is 0.302. The lowest BCUT2D eigenvalue weighted by Crippen LogP contribution is -2.27. The number of aliphatic hydroxyl groups excluding tert-OH is 1. The first-order valence-electron chi connectivity index (χ1n) is 4.13. The summed E-state index contributed by atoms with van der Waals surface area (Å²) in [7, 11) is -3.63. The Bertz CT molecular complexity index is 447. The van der Waals surface area contributed by atoms with Crippen LogP contribution in [0.15, 0.2) is 27.6 Å². The topological polar surface area (TPSA) is 92.4 Å². The second-order valence-electron chi connectivity index (χ2n) is 2.80. The number of sulfonamides is 1. The number of hydrogen-bond donors (Lipinski definition) is 3. The Morgan fingerprint density at radius 2 is 2.13 bits per heavy atom. The van der Waals surface area contributed by atoms with Gasteiger partial charge >= 0.3 is 0 Å². The van der Waals surface area contributed by atoms with E-state index in [4.69, 9.17) is 10.8 Å². The number of nitrogens with one attached hydrogen (secondary N) is 1. The first-order chi connectivity index (χ1) is 6.97. The van der Waals surface area contributed by atoms with Crippen LogP contribution in [-0.4, -0.2) is 26.7 Å². The average molecular weight is 295 g/mol. The molecule has 1 aromatic carbocycles. The standard InChI is InChI=1S/C8H11BrN2O3S/c9-6-1-2-8(7(10)5-6)15(13,14)11-3-4-12/h1-2,5,11-12H,3-4,10H2. The molecular formula is C8H11BrN2O3S. The minimum atomic E-state index is -3.63. The van der Waals surface area contributed by atoms with E-state index in [1.807, 2.05) is 0 Å². The summed E-state index contributed by atoms with van der Waals surface area (Å²) >= 11 is 3.18. The Morgan fingerprint density at radius 3 is 2.67 bits per heavy atom. The Labute approximate surface area is 96.5 Å². The Hall–Kier alpha value is -0.630. The summed E-state index contributed by atoms with van der Waals surface area (Å²) in [5.41, 5.74) is 5.73. The Kier molecular flexibility index (Phi) is 4.09. The molecule has 4 N–H and O–H groups in total. The van der Waals surface area contributed by atoms with Crippen LogP contribution in [0.25, 0.3) is 0 Å². The van der Waals surface area contributed by atoms with E-state index in [0.29, 0.717) is 4.47 Å². The zero-order chi connectivity index (χ0) is 11.5. The second-order valence-corrected chi connectivity index (χ2v) is 5.45. The number of rotatable bonds is 4. The van der Waals surface area contributed by atoms with Crippen LogP contribution >= 0.6 is 15.9 Å². The third-order valence-electron chi connectivity index (χ3n) is 1.67. The van der Waals surface area contributed by atoms with E-state index >= 15 is 0 Å². The van der Waals surface area contributed by atoms with Gasteiger partial charge in [0.1, 0.15) is 4.90 Å². The molecule has 0 unspecified atom stereocenters. The molecule has 0 fully saturated rings. The highest BCUT2D eigenvalue weighted by molar-refractivity contribution is 9.10. The molecule has 0 atom stereocenters. The highest BCUT2D eigenvalue weighted by Crippen LogP contribution is 2.22. The van der Waals surface area contributed by atoms with Gasteiger partial charge in [-0.25, -0.2) is 13.1 Å². The van der Waals surface area contributed by atoms with E-state index in [9.17, 15) is 8.42 Å². The number of nitrogen functional groups attached to an aromatic ring is 1. The van der Waals surface area contributed by atoms with E-state index in [1.165, 1.54) is 12.1 Å². The van der Waals surface area contributed by atoms with Gasteiger partial charge in [-0.2, -0.15) is 0 Å². The molecule has 0 amide bonds. The van der Waals surface area contributed by atoms with Crippen molar-refractivity contribution >= 4 is 31.6 Å². The van der Waals surface area contributed by atoms with Gasteiger partial charge in [-0.15, -0.1) is 0 Å². The molecule has 0 saturated carbocycles. The number of benzene rings is 1. The molecule has 15 heavy (non-hydrogen) atoms. The molecule has 0 aromatic heterocycles. The van der Waals surface area contributed by atoms with Gasteiger partial charge in [-0.3, -0.25) is 0 Å². The summed E-state index contributed by atoms with van der Waals surface area (Å²) in [6, 6.07) is 4.50. The van der Waals surface area contributed by atoms with Gasteiger partial charge in [0.2, 0.25) is 10.0 Å². The minimum absolute atomic E-state index is 0.0131. The summed E-state index contributed by atoms with van der Waals surface area (Å²) in [6.45, 7) is -0.284. The van der Waals surface area contributed by atoms with Crippen molar-refractivity contribution in [2.75, 3.05) is 18.9 Å². The molecule has 0 bridgehead atoms. The summed E-state index contributed by atoms with van der Waals surface area (Å²) in [5, 5.41) is 8.52. The number of halogens is 1. The van der Waals surface area contributed by atoms with Crippen LogP contribution < -0.4 is 10.5 Å². The fraction of sp³-hybridized carbons (Fsp3) is 0.250. The lowest BCUT2D eigenvalue weighted by atomic mass is 10.3. The van der Waals surface area contributed by atoms with Gasteiger partial charge in [0.05, 0.1) is 12.3 Å². The molecule has 0 aliphatic carbocycles. The van der Waals surface area contributed by atoms with Crippen molar-refractivity contribution < 1.29 is 13.5 Å². The van der Waals surface area contributed by atoms with Crippen molar-refractivity contribution in [3.8, 4) is 0 Å². The average Bonchev–Trinajstić information content (AvgIpc) is 2.14. The molecule has 0 spiro atoms. The monoisotopic (exact) mass is 294 g/mol. The third-order valence-corrected chi connectivity index (χ3v) is 3.69. The van der Waals surface area contributed by atoms with Crippen LogP contribution in [-0.2, 0) is 10.0 Å². The van der Waals surface area contributed by atoms with Gasteiger partial charge in [0.15, 0.2) is 0 Å². The van der Waals surface area contributed by atoms with Crippen LogP contribution in [0, 0.1) is 0 Å². The molecule has 0 saturated heterocycles. The molecule has 1 rings (SSSR count). The maximum atomic E-state index is 11.6. The predicted molar refractivity (Wildman–Crippen MR) is 60.8 cm³/mol. The normalized spacial score (nSPS) is 11.6. The maximum absolute atomic E-state index is 11.6. The molecule has 0 aliphatic rings. The SMILES string of the molecule is Nc1cc(Br)ccc1S(=O)(=O)NCCO. The number of hydrogen-bond acceptors (Lipinski definition) is 4. The first-order valence-corrected chi connectivity index (χ1v) is 6.40. The van der Waals surface area contributed by atoms with E-state index in [2.05, 4.69) is 20.7 Å². The summed E-state index contributed by atoms with van der Waals surface area (Å²) < 4.78 is 26.1. The summed E-state index contributed by atoms with van der Waals surface area (Å²) in [6.07, 6.45) is 0. The third kappa shape index (κ3) is 3.16. The smallest absolute Gasteiger partial charge is 0.242 e. The van der Waals surface area contributed by atoms with E-state index < -0.39 is 10.0 Å². The molecule has 7 heteroatoms. The quantitative estimate of drug-likeness (QED) is 0.697. The van der Waals surface area contributed by atoms with Crippen LogP contribution in [0.1, 0.15) is 0 Å². The molecule has 1 aromatic rings. The summed E-state index contributed by atoms with van der Waals surface area (Å²) in [4.78, 5) is 0.0131. The van der Waals surface area contributed by atoms with Crippen LogP contribution in [0.2, 0.25) is 0 Å². The van der Waals surface area contributed by atoms with E-state index in [-0.39, 0.29) is 23.7 Å². The molecular weight excluding hydrogens is 284 g/mol. The maximum Gasteiger partial charge on any atom is 0.242 e. The fourth-order valence-electron chi connectivity index (χ4n) is 1.02. The molecule has 0 heterocycles. The Balaban J connectivity index is 3.05. The molecule has 84 valence electrons. The largest absolute Gasteiger partial charge is 0.398 e. The highest BCUT2D eigenvalue weighted by atomic mass is 79.9. The van der Waals surface area contributed by atoms with Crippen LogP contribution in [0.3, 0.4) is 0 Å². The zero-order valence-corrected chi connectivity index (χ0v) is 10.2. The highest BCUT2D eigenvalue weighted by Gasteiger charge is 2.16. The lowest BCUT2D eigenvalue weighted by molar-refractivity contribution is 0.301. The van der Waals surface area contributed by atoms with Gasteiger partial charge in [0.25, 0.3) is 0 Å². The fourth-order valence-corrected chi connectivity index (χ4v) is 2.53. The van der Waals surface area contributed by atoms with E-state index in [0.717, 1.165) is 0 Å². The van der Waals surface area contributed by atoms with Crippen LogP contribution in [0.5, 0.6) is 0 Å². The molecule has 0 radical (unpaired) electrons. The van der Waals surface area contributed by atoms with Gasteiger partial charge < -0.3 is 10.8 Å². The van der Waals surface area contributed by atoms with Crippen molar-refractivity contribution in [3.63, 3.8) is 0 Å². The van der Waals surface area contributed by atoms with Crippen LogP contribution in [0.4, 0.5) is 5.69 Å². The van der Waals surface area contributed by atoms with Gasteiger partial charge in [0, 0.05) is 11.0 Å². The Morgan fingerprint density at radius 1 is 1.47 bits per heavy atom. The minimum Gasteiger partial charge on any atom is -0.398 e. The zero-order valence-electron chi connectivity index (χ0n) is 7.77. The van der Waals surface area contributed by atoms with Gasteiger partial charge in [-0.05, 0) is 18.2 Å². The van der Waals surface area contributed by atoms with E-state index in [1.54, 1.807) is 6.07 Å². The number of aliphatic hydroxyl groups is 1. The second kappa shape index (κ2) is 4.93.